The van der Waals surface area contributed by atoms with Crippen LogP contribution in [0.4, 0.5) is 17.3 Å². The summed E-state index contributed by atoms with van der Waals surface area (Å²) in [5, 5.41) is 9.90. The van der Waals surface area contributed by atoms with Gasteiger partial charge >= 0.3 is 0 Å². The summed E-state index contributed by atoms with van der Waals surface area (Å²) < 4.78 is 0. The van der Waals surface area contributed by atoms with Crippen LogP contribution >= 0.6 is 0 Å². The van der Waals surface area contributed by atoms with Gasteiger partial charge in [0.2, 0.25) is 0 Å². The van der Waals surface area contributed by atoms with Gasteiger partial charge in [0.1, 0.15) is 18.0 Å². The summed E-state index contributed by atoms with van der Waals surface area (Å²) in [6.07, 6.45) is 7.53. The summed E-state index contributed by atoms with van der Waals surface area (Å²) in [4.78, 5) is 21.5. The molecule has 0 aliphatic carbocycles. The van der Waals surface area contributed by atoms with Crippen molar-refractivity contribution < 1.29 is 5.11 Å². The Morgan fingerprint density at radius 1 is 0.854 bits per heavy atom. The highest BCUT2D eigenvalue weighted by molar-refractivity contribution is 5.84. The van der Waals surface area contributed by atoms with Gasteiger partial charge in [0.05, 0.1) is 11.8 Å². The van der Waals surface area contributed by atoms with Crippen molar-refractivity contribution in [3.63, 3.8) is 0 Å². The van der Waals surface area contributed by atoms with Crippen molar-refractivity contribution in [1.29, 1.82) is 0 Å². The molecule has 6 rings (SSSR count). The first-order valence-corrected chi connectivity index (χ1v) is 15.6. The standard InChI is InChI=1S/C34H46N6O/c1-6-29-23(2)37-24(3)32(33(29)39-17-12-34(4,5)13-18-39)26-7-8-27-21-40(14-9-25(27)19-26)31-20-30(35-22-36-31)38-15-10-28(41)11-16-38/h7-8,19-20,22,28,41H,6,9-18,21H2,1-5H3. The highest BCUT2D eigenvalue weighted by atomic mass is 16.3. The predicted molar refractivity (Wildman–Crippen MR) is 168 cm³/mol. The van der Waals surface area contributed by atoms with E-state index in [4.69, 9.17) is 4.98 Å². The Hall–Kier alpha value is -3.19. The Bertz CT molecular complexity index is 1400. The predicted octanol–water partition coefficient (Wildman–Crippen LogP) is 5.87. The lowest BCUT2D eigenvalue weighted by atomic mass is 9.82. The van der Waals surface area contributed by atoms with Crippen molar-refractivity contribution in [2.24, 2.45) is 5.41 Å². The van der Waals surface area contributed by atoms with Gasteiger partial charge in [0.15, 0.2) is 0 Å². The van der Waals surface area contributed by atoms with Gasteiger partial charge in [-0.3, -0.25) is 4.98 Å². The normalized spacial score (nSPS) is 19.4. The number of rotatable bonds is 5. The Kier molecular flexibility index (Phi) is 7.66. The van der Waals surface area contributed by atoms with E-state index in [0.29, 0.717) is 5.41 Å². The molecule has 1 aromatic carbocycles. The molecule has 3 aliphatic heterocycles. The highest BCUT2D eigenvalue weighted by Gasteiger charge is 2.30. The molecule has 0 spiro atoms. The minimum absolute atomic E-state index is 0.188. The van der Waals surface area contributed by atoms with Gasteiger partial charge in [-0.2, -0.15) is 0 Å². The van der Waals surface area contributed by atoms with E-state index >= 15 is 0 Å². The molecule has 0 bridgehead atoms. The van der Waals surface area contributed by atoms with E-state index in [1.165, 1.54) is 52.0 Å². The summed E-state index contributed by atoms with van der Waals surface area (Å²) in [6, 6.07) is 9.21. The van der Waals surface area contributed by atoms with Crippen LogP contribution in [-0.2, 0) is 19.4 Å². The van der Waals surface area contributed by atoms with Gasteiger partial charge < -0.3 is 19.8 Å². The number of aliphatic hydroxyl groups excluding tert-OH is 1. The van der Waals surface area contributed by atoms with Crippen LogP contribution in [0, 0.1) is 19.3 Å². The van der Waals surface area contributed by atoms with Crippen LogP contribution < -0.4 is 14.7 Å². The number of aromatic nitrogens is 3. The van der Waals surface area contributed by atoms with Gasteiger partial charge in [-0.1, -0.05) is 39.0 Å². The van der Waals surface area contributed by atoms with Crippen LogP contribution in [0.1, 0.15) is 74.5 Å². The number of benzene rings is 1. The molecule has 3 aromatic rings. The number of piperidine rings is 2. The Balaban J connectivity index is 1.28. The van der Waals surface area contributed by atoms with E-state index in [0.717, 1.165) is 82.3 Å². The molecular formula is C34H46N6O. The molecule has 2 fully saturated rings. The van der Waals surface area contributed by atoms with Crippen molar-refractivity contribution >= 4 is 17.3 Å². The van der Waals surface area contributed by atoms with Crippen LogP contribution in [0.2, 0.25) is 0 Å². The van der Waals surface area contributed by atoms with Gasteiger partial charge in [-0.25, -0.2) is 9.97 Å². The zero-order valence-corrected chi connectivity index (χ0v) is 25.6. The maximum Gasteiger partial charge on any atom is 0.134 e. The van der Waals surface area contributed by atoms with Crippen molar-refractivity contribution in [2.45, 2.75) is 85.8 Å². The molecule has 3 aliphatic rings. The van der Waals surface area contributed by atoms with Gasteiger partial charge in [-0.15, -0.1) is 0 Å². The van der Waals surface area contributed by atoms with Crippen molar-refractivity contribution in [3.8, 4) is 11.1 Å². The first-order valence-electron chi connectivity index (χ1n) is 15.6. The molecule has 0 saturated carbocycles. The fraction of sp³-hybridized carbons (Fsp3) is 0.559. The number of pyridine rings is 1. The molecule has 2 saturated heterocycles. The van der Waals surface area contributed by atoms with Crippen molar-refractivity contribution in [1.82, 2.24) is 15.0 Å². The fourth-order valence-electron chi connectivity index (χ4n) is 7.00. The van der Waals surface area contributed by atoms with E-state index in [-0.39, 0.29) is 6.10 Å². The van der Waals surface area contributed by atoms with Gasteiger partial charge in [0.25, 0.3) is 0 Å². The zero-order chi connectivity index (χ0) is 28.7. The summed E-state index contributed by atoms with van der Waals surface area (Å²) in [5.41, 5.74) is 11.0. The van der Waals surface area contributed by atoms with E-state index in [1.54, 1.807) is 6.33 Å². The monoisotopic (exact) mass is 554 g/mol. The number of anilines is 3. The summed E-state index contributed by atoms with van der Waals surface area (Å²) >= 11 is 0. The zero-order valence-electron chi connectivity index (χ0n) is 25.6. The maximum absolute atomic E-state index is 9.90. The minimum Gasteiger partial charge on any atom is -0.393 e. The molecule has 2 aromatic heterocycles. The molecule has 0 unspecified atom stereocenters. The van der Waals surface area contributed by atoms with Crippen LogP contribution in [0.5, 0.6) is 0 Å². The van der Waals surface area contributed by atoms with Crippen molar-refractivity contribution in [2.75, 3.05) is 47.4 Å². The second kappa shape index (κ2) is 11.2. The second-order valence-electron chi connectivity index (χ2n) is 13.1. The third kappa shape index (κ3) is 5.66. The lowest BCUT2D eigenvalue weighted by molar-refractivity contribution is 0.145. The Morgan fingerprint density at radius 3 is 2.27 bits per heavy atom. The first-order chi connectivity index (χ1) is 19.7. The van der Waals surface area contributed by atoms with Crippen LogP contribution in [0.25, 0.3) is 11.1 Å². The van der Waals surface area contributed by atoms with Gasteiger partial charge in [0, 0.05) is 62.3 Å². The highest BCUT2D eigenvalue weighted by Crippen LogP contribution is 2.42. The van der Waals surface area contributed by atoms with Gasteiger partial charge in [-0.05, 0) is 80.0 Å². The van der Waals surface area contributed by atoms with E-state index in [9.17, 15) is 5.11 Å². The molecule has 41 heavy (non-hydrogen) atoms. The molecule has 7 heteroatoms. The number of fused-ring (bicyclic) bond motifs is 1. The topological polar surface area (TPSA) is 68.6 Å². The molecule has 1 N–H and O–H groups in total. The third-order valence-corrected chi connectivity index (χ3v) is 9.70. The molecule has 5 heterocycles. The molecular weight excluding hydrogens is 508 g/mol. The lowest BCUT2D eigenvalue weighted by Crippen LogP contribution is -2.38. The SMILES string of the molecule is CCc1c(C)nc(C)c(-c2ccc3c(c2)CCN(c2cc(N4CCC(O)CC4)ncn2)C3)c1N1CCC(C)(C)CC1. The van der Waals surface area contributed by atoms with E-state index < -0.39 is 0 Å². The van der Waals surface area contributed by atoms with E-state index in [1.807, 2.05) is 0 Å². The molecule has 218 valence electrons. The Morgan fingerprint density at radius 2 is 1.56 bits per heavy atom. The summed E-state index contributed by atoms with van der Waals surface area (Å²) in [5.74, 6) is 1.95. The van der Waals surface area contributed by atoms with Crippen LogP contribution in [0.15, 0.2) is 30.6 Å². The molecule has 0 radical (unpaired) electrons. The number of aryl methyl sites for hydroxylation is 2. The minimum atomic E-state index is -0.188. The summed E-state index contributed by atoms with van der Waals surface area (Å²) in [6.45, 7) is 17.1. The fourth-order valence-corrected chi connectivity index (χ4v) is 7.00. The average Bonchev–Trinajstić information content (AvgIpc) is 2.97. The lowest BCUT2D eigenvalue weighted by Gasteiger charge is -2.40. The molecule has 7 nitrogen and oxygen atoms in total. The number of aliphatic hydroxyl groups is 1. The van der Waals surface area contributed by atoms with E-state index in [2.05, 4.69) is 83.6 Å². The Labute approximate surface area is 245 Å². The summed E-state index contributed by atoms with van der Waals surface area (Å²) in [7, 11) is 0. The number of hydrogen-bond donors (Lipinski definition) is 1. The van der Waals surface area contributed by atoms with Crippen molar-refractivity contribution in [3.05, 3.63) is 58.7 Å². The average molecular weight is 555 g/mol. The molecule has 0 amide bonds. The first kappa shape index (κ1) is 28.0. The van der Waals surface area contributed by atoms with Crippen LogP contribution in [-0.4, -0.2) is 58.9 Å². The quantitative estimate of drug-likeness (QED) is 0.423. The third-order valence-electron chi connectivity index (χ3n) is 9.70. The number of nitrogens with zero attached hydrogens (tertiary/aromatic N) is 6. The maximum atomic E-state index is 9.90. The number of hydrogen-bond acceptors (Lipinski definition) is 7. The van der Waals surface area contributed by atoms with Crippen LogP contribution in [0.3, 0.4) is 0 Å². The molecule has 0 atom stereocenters. The largest absolute Gasteiger partial charge is 0.393 e. The second-order valence-corrected chi connectivity index (χ2v) is 13.1. The smallest absolute Gasteiger partial charge is 0.134 e.